The predicted octanol–water partition coefficient (Wildman–Crippen LogP) is 0.632. The van der Waals surface area contributed by atoms with Gasteiger partial charge in [0, 0.05) is 20.1 Å². The van der Waals surface area contributed by atoms with E-state index in [1.165, 1.54) is 12.1 Å². The Balaban J connectivity index is 2.30. The maximum atomic E-state index is 12.8. The maximum Gasteiger partial charge on any atom is 0.234 e. The molecule has 116 valence electrons. The largest absolute Gasteiger partial charge is 0.383 e. The lowest BCUT2D eigenvalue weighted by Crippen LogP contribution is -2.38. The minimum absolute atomic E-state index is 0.0196. The number of hydrogen-bond acceptors (Lipinski definition) is 4. The second kappa shape index (κ2) is 9.20. The number of methoxy groups -OCH3 is 1. The van der Waals surface area contributed by atoms with Crippen LogP contribution in [0.25, 0.3) is 0 Å². The van der Waals surface area contributed by atoms with E-state index in [0.29, 0.717) is 13.2 Å². The molecular formula is C15H21FN2O3. The molecule has 0 fully saturated rings. The molecule has 5 nitrogen and oxygen atoms in total. The summed E-state index contributed by atoms with van der Waals surface area (Å²) in [4.78, 5) is 25.1. The van der Waals surface area contributed by atoms with E-state index in [4.69, 9.17) is 4.74 Å². The fourth-order valence-electron chi connectivity index (χ4n) is 1.84. The molecule has 0 aliphatic rings. The molecule has 0 radical (unpaired) electrons. The van der Waals surface area contributed by atoms with Gasteiger partial charge < -0.3 is 10.1 Å². The van der Waals surface area contributed by atoms with Crippen LogP contribution < -0.4 is 5.32 Å². The standard InChI is InChI=1S/C15H21FN2O3/c1-18(11-15(20)17-7-8-21-2)10-14(19)9-12-3-5-13(16)6-4-12/h3-6H,7-11H2,1-2H3,(H,17,20). The molecule has 1 aromatic carbocycles. The van der Waals surface area contributed by atoms with Gasteiger partial charge >= 0.3 is 0 Å². The topological polar surface area (TPSA) is 58.6 Å². The number of hydrogen-bond donors (Lipinski definition) is 1. The average Bonchev–Trinajstić information content (AvgIpc) is 2.41. The SMILES string of the molecule is COCCNC(=O)CN(C)CC(=O)Cc1ccc(F)cc1. The van der Waals surface area contributed by atoms with Gasteiger partial charge in [0.25, 0.3) is 0 Å². The number of rotatable bonds is 9. The molecule has 0 saturated carbocycles. The Hall–Kier alpha value is -1.79. The number of ether oxygens (including phenoxy) is 1. The Morgan fingerprint density at radius 1 is 1.24 bits per heavy atom. The third kappa shape index (κ3) is 7.53. The van der Waals surface area contributed by atoms with Crippen molar-refractivity contribution in [2.75, 3.05) is 40.4 Å². The monoisotopic (exact) mass is 296 g/mol. The predicted molar refractivity (Wildman–Crippen MR) is 77.5 cm³/mol. The molecule has 0 unspecified atom stereocenters. The van der Waals surface area contributed by atoms with Crippen LogP contribution in [0.15, 0.2) is 24.3 Å². The highest BCUT2D eigenvalue weighted by molar-refractivity contribution is 5.84. The maximum absolute atomic E-state index is 12.8. The van der Waals surface area contributed by atoms with Gasteiger partial charge in [0.2, 0.25) is 5.91 Å². The Labute approximate surface area is 124 Å². The first-order chi connectivity index (χ1) is 10.0. The van der Waals surface area contributed by atoms with Crippen molar-refractivity contribution in [2.24, 2.45) is 0 Å². The summed E-state index contributed by atoms with van der Waals surface area (Å²) in [5.41, 5.74) is 0.763. The summed E-state index contributed by atoms with van der Waals surface area (Å²) in [5, 5.41) is 2.69. The zero-order valence-corrected chi connectivity index (χ0v) is 12.4. The number of nitrogens with zero attached hydrogens (tertiary/aromatic N) is 1. The van der Waals surface area contributed by atoms with Gasteiger partial charge in [-0.2, -0.15) is 0 Å². The second-order valence-electron chi connectivity index (χ2n) is 4.86. The molecule has 1 N–H and O–H groups in total. The zero-order chi connectivity index (χ0) is 15.7. The Morgan fingerprint density at radius 2 is 1.90 bits per heavy atom. The number of Topliss-reactive ketones (excluding diaryl/α,β-unsaturated/α-hetero) is 1. The van der Waals surface area contributed by atoms with Gasteiger partial charge in [0.15, 0.2) is 5.78 Å². The van der Waals surface area contributed by atoms with Crippen LogP contribution in [0.4, 0.5) is 4.39 Å². The third-order valence-corrected chi connectivity index (χ3v) is 2.80. The average molecular weight is 296 g/mol. The highest BCUT2D eigenvalue weighted by atomic mass is 19.1. The van der Waals surface area contributed by atoms with Crippen molar-refractivity contribution in [1.29, 1.82) is 0 Å². The minimum atomic E-state index is -0.323. The molecule has 0 aromatic heterocycles. The van der Waals surface area contributed by atoms with Crippen LogP contribution in [-0.2, 0) is 20.7 Å². The highest BCUT2D eigenvalue weighted by Gasteiger charge is 2.11. The molecule has 0 spiro atoms. The Bertz CT molecular complexity index is 462. The molecular weight excluding hydrogens is 275 g/mol. The second-order valence-corrected chi connectivity index (χ2v) is 4.86. The van der Waals surface area contributed by atoms with Gasteiger partial charge in [-0.25, -0.2) is 4.39 Å². The summed E-state index contributed by atoms with van der Waals surface area (Å²) in [6.07, 6.45) is 0.232. The van der Waals surface area contributed by atoms with E-state index >= 15 is 0 Å². The summed E-state index contributed by atoms with van der Waals surface area (Å²) in [7, 11) is 3.27. The molecule has 0 heterocycles. The van der Waals surface area contributed by atoms with Crippen molar-refractivity contribution in [3.63, 3.8) is 0 Å². The molecule has 1 aromatic rings. The van der Waals surface area contributed by atoms with Crippen LogP contribution >= 0.6 is 0 Å². The molecule has 0 aliphatic heterocycles. The first-order valence-corrected chi connectivity index (χ1v) is 6.71. The fraction of sp³-hybridized carbons (Fsp3) is 0.467. The van der Waals surface area contributed by atoms with Gasteiger partial charge in [-0.05, 0) is 24.7 Å². The molecule has 1 rings (SSSR count). The summed E-state index contributed by atoms with van der Waals surface area (Å²) in [6.45, 7) is 1.24. The summed E-state index contributed by atoms with van der Waals surface area (Å²) < 4.78 is 17.6. The van der Waals surface area contributed by atoms with Gasteiger partial charge in [0.05, 0.1) is 19.7 Å². The number of ketones is 1. The van der Waals surface area contributed by atoms with Crippen LogP contribution in [0.5, 0.6) is 0 Å². The lowest BCUT2D eigenvalue weighted by molar-refractivity contribution is -0.123. The van der Waals surface area contributed by atoms with E-state index < -0.39 is 0 Å². The first kappa shape index (κ1) is 17.3. The van der Waals surface area contributed by atoms with Crippen LogP contribution in [0.1, 0.15) is 5.56 Å². The summed E-state index contributed by atoms with van der Waals surface area (Å²) >= 11 is 0. The van der Waals surface area contributed by atoms with Crippen molar-refractivity contribution in [3.05, 3.63) is 35.6 Å². The number of nitrogens with one attached hydrogen (secondary N) is 1. The smallest absolute Gasteiger partial charge is 0.234 e. The molecule has 0 saturated heterocycles. The van der Waals surface area contributed by atoms with Crippen LogP contribution in [-0.4, -0.2) is 57.0 Å². The Kier molecular flexibility index (Phi) is 7.56. The van der Waals surface area contributed by atoms with Crippen LogP contribution in [0.3, 0.4) is 0 Å². The molecule has 21 heavy (non-hydrogen) atoms. The van der Waals surface area contributed by atoms with Gasteiger partial charge in [-0.15, -0.1) is 0 Å². The number of amides is 1. The number of benzene rings is 1. The molecule has 1 amide bonds. The summed E-state index contributed by atoms with van der Waals surface area (Å²) in [5.74, 6) is -0.492. The van der Waals surface area contributed by atoms with E-state index in [1.807, 2.05) is 0 Å². The third-order valence-electron chi connectivity index (χ3n) is 2.80. The van der Waals surface area contributed by atoms with Crippen molar-refractivity contribution < 1.29 is 18.7 Å². The highest BCUT2D eigenvalue weighted by Crippen LogP contribution is 2.04. The molecule has 0 aliphatic carbocycles. The van der Waals surface area contributed by atoms with Gasteiger partial charge in [0.1, 0.15) is 5.82 Å². The van der Waals surface area contributed by atoms with Crippen LogP contribution in [0.2, 0.25) is 0 Å². The van der Waals surface area contributed by atoms with Gasteiger partial charge in [-0.3, -0.25) is 14.5 Å². The number of carbonyl (C=O) groups excluding carboxylic acids is 2. The number of halogens is 1. The van der Waals surface area contributed by atoms with E-state index in [2.05, 4.69) is 5.32 Å². The lowest BCUT2D eigenvalue weighted by Gasteiger charge is -2.15. The Morgan fingerprint density at radius 3 is 2.52 bits per heavy atom. The van der Waals surface area contributed by atoms with E-state index in [-0.39, 0.29) is 37.0 Å². The van der Waals surface area contributed by atoms with E-state index in [0.717, 1.165) is 5.56 Å². The van der Waals surface area contributed by atoms with Crippen molar-refractivity contribution in [1.82, 2.24) is 10.2 Å². The van der Waals surface area contributed by atoms with E-state index in [9.17, 15) is 14.0 Å². The molecule has 0 bridgehead atoms. The zero-order valence-electron chi connectivity index (χ0n) is 12.4. The first-order valence-electron chi connectivity index (χ1n) is 6.71. The fourth-order valence-corrected chi connectivity index (χ4v) is 1.84. The van der Waals surface area contributed by atoms with E-state index in [1.54, 1.807) is 31.2 Å². The normalized spacial score (nSPS) is 10.7. The number of likely N-dealkylation sites (N-methyl/N-ethyl adjacent to an activating group) is 1. The molecule has 0 atom stereocenters. The quantitative estimate of drug-likeness (QED) is 0.679. The lowest BCUT2D eigenvalue weighted by atomic mass is 10.1. The van der Waals surface area contributed by atoms with Gasteiger partial charge in [-0.1, -0.05) is 12.1 Å². The van der Waals surface area contributed by atoms with Crippen molar-refractivity contribution >= 4 is 11.7 Å². The van der Waals surface area contributed by atoms with Crippen LogP contribution in [0, 0.1) is 5.82 Å². The minimum Gasteiger partial charge on any atom is -0.383 e. The molecule has 6 heteroatoms. The van der Waals surface area contributed by atoms with Crippen molar-refractivity contribution in [3.8, 4) is 0 Å². The van der Waals surface area contributed by atoms with Crippen molar-refractivity contribution in [2.45, 2.75) is 6.42 Å². The number of carbonyl (C=O) groups is 2. The summed E-state index contributed by atoms with van der Waals surface area (Å²) in [6, 6.07) is 5.83.